The molecule has 0 radical (unpaired) electrons. The number of benzene rings is 1. The average Bonchev–Trinajstić information content (AvgIpc) is 3.12. The Balaban J connectivity index is 1.75. The van der Waals surface area contributed by atoms with E-state index >= 15 is 0 Å². The molecule has 0 amide bonds. The second kappa shape index (κ2) is 9.07. The van der Waals surface area contributed by atoms with E-state index in [0.29, 0.717) is 23.0 Å². The highest BCUT2D eigenvalue weighted by Crippen LogP contribution is 2.24. The van der Waals surface area contributed by atoms with Crippen LogP contribution in [0.4, 0.5) is 0 Å². The van der Waals surface area contributed by atoms with Gasteiger partial charge in [0, 0.05) is 25.3 Å². The minimum absolute atomic E-state index is 0.158. The Labute approximate surface area is 160 Å². The molecule has 1 aromatic carbocycles. The third kappa shape index (κ3) is 4.71. The zero-order valence-electron chi connectivity index (χ0n) is 15.6. The molecule has 0 fully saturated rings. The molecule has 0 aliphatic heterocycles. The topological polar surface area (TPSA) is 86.3 Å². The Morgan fingerprint density at radius 1 is 1.26 bits per heavy atom. The van der Waals surface area contributed by atoms with Crippen molar-refractivity contribution in [1.29, 1.82) is 0 Å². The number of H-pyrrole nitrogens is 1. The van der Waals surface area contributed by atoms with E-state index in [-0.39, 0.29) is 12.5 Å². The number of para-hydroxylation sites is 2. The largest absolute Gasteiger partial charge is 0.464 e. The highest BCUT2D eigenvalue weighted by molar-refractivity contribution is 7.84. The molecule has 0 saturated carbocycles. The second-order valence-corrected chi connectivity index (χ2v) is 7.33. The van der Waals surface area contributed by atoms with Crippen LogP contribution in [0.3, 0.4) is 0 Å². The molecule has 0 saturated heterocycles. The van der Waals surface area contributed by atoms with Crippen LogP contribution in [-0.2, 0) is 26.0 Å². The second-order valence-electron chi connectivity index (χ2n) is 5.96. The summed E-state index contributed by atoms with van der Waals surface area (Å²) in [5.74, 6) is 0.906. The lowest BCUT2D eigenvalue weighted by molar-refractivity contribution is -0.148. The van der Waals surface area contributed by atoms with E-state index in [1.165, 1.54) is 0 Å². The van der Waals surface area contributed by atoms with Crippen LogP contribution in [0.15, 0.2) is 41.7 Å². The molecule has 0 bridgehead atoms. The number of methoxy groups -OCH3 is 1. The highest BCUT2D eigenvalue weighted by Gasteiger charge is 2.16. The maximum atomic E-state index is 12.8. The first-order valence-corrected chi connectivity index (χ1v) is 9.99. The lowest BCUT2D eigenvalue weighted by atomic mass is 10.2. The molecule has 2 heterocycles. The van der Waals surface area contributed by atoms with Crippen molar-refractivity contribution in [2.75, 3.05) is 13.9 Å². The van der Waals surface area contributed by atoms with Crippen LogP contribution in [0.25, 0.3) is 11.0 Å². The molecular formula is C19H23N3O4S. The summed E-state index contributed by atoms with van der Waals surface area (Å²) >= 11 is 0. The minimum atomic E-state index is -1.34. The summed E-state index contributed by atoms with van der Waals surface area (Å²) in [4.78, 5) is 11.9. The molecule has 0 aliphatic carbocycles. The number of ether oxygens (including phenoxy) is 3. The minimum Gasteiger partial charge on any atom is -0.464 e. The molecule has 1 N–H and O–H groups in total. The molecule has 8 heteroatoms. The number of pyridine rings is 1. The molecule has 2 atom stereocenters. The van der Waals surface area contributed by atoms with Gasteiger partial charge in [-0.25, -0.2) is 4.98 Å². The van der Waals surface area contributed by atoms with Crippen LogP contribution < -0.4 is 4.74 Å². The quantitative estimate of drug-likeness (QED) is 0.565. The number of nitrogens with zero attached hydrogens (tertiary/aromatic N) is 2. The molecule has 3 aromatic rings. The molecule has 27 heavy (non-hydrogen) atoms. The number of rotatable bonds is 9. The monoisotopic (exact) mass is 389 g/mol. The zero-order chi connectivity index (χ0) is 19.2. The first-order chi connectivity index (χ1) is 13.1. The molecule has 2 unspecified atom stereocenters. The maximum absolute atomic E-state index is 12.8. The van der Waals surface area contributed by atoms with Crippen LogP contribution in [0.1, 0.15) is 24.6 Å². The van der Waals surface area contributed by atoms with Crippen molar-refractivity contribution in [3.63, 3.8) is 0 Å². The lowest BCUT2D eigenvalue weighted by Crippen LogP contribution is -2.21. The first-order valence-electron chi connectivity index (χ1n) is 8.67. The van der Waals surface area contributed by atoms with Gasteiger partial charge < -0.3 is 19.2 Å². The molecule has 3 rings (SSSR count). The molecule has 0 aliphatic rings. The van der Waals surface area contributed by atoms with E-state index in [2.05, 4.69) is 15.0 Å². The fourth-order valence-corrected chi connectivity index (χ4v) is 3.68. The van der Waals surface area contributed by atoms with Crippen LogP contribution in [0.5, 0.6) is 5.75 Å². The fourth-order valence-electron chi connectivity index (χ4n) is 2.58. The number of hydrogen-bond acceptors (Lipinski definition) is 6. The van der Waals surface area contributed by atoms with Crippen molar-refractivity contribution < 1.29 is 18.4 Å². The van der Waals surface area contributed by atoms with Gasteiger partial charge in [-0.3, -0.25) is 9.19 Å². The maximum Gasteiger partial charge on any atom is 0.202 e. The predicted molar refractivity (Wildman–Crippen MR) is 103 cm³/mol. The third-order valence-electron chi connectivity index (χ3n) is 4.07. The highest BCUT2D eigenvalue weighted by atomic mass is 32.2. The van der Waals surface area contributed by atoms with Gasteiger partial charge in [0.1, 0.15) is 5.75 Å². The summed E-state index contributed by atoms with van der Waals surface area (Å²) in [6.45, 7) is 4.02. The number of aromatic nitrogens is 3. The Kier molecular flexibility index (Phi) is 6.54. The number of hydrogen-bond donors (Lipinski definition) is 1. The molecule has 2 aromatic heterocycles. The molecule has 7 nitrogen and oxygen atoms in total. The number of imidazole rings is 1. The van der Waals surface area contributed by atoms with Crippen molar-refractivity contribution in [2.24, 2.45) is 0 Å². The van der Waals surface area contributed by atoms with Gasteiger partial charge in [-0.15, -0.1) is 0 Å². The van der Waals surface area contributed by atoms with Gasteiger partial charge in [0.15, 0.2) is 11.9 Å². The van der Waals surface area contributed by atoms with Gasteiger partial charge in [-0.1, -0.05) is 19.1 Å². The fraction of sp³-hybridized carbons (Fsp3) is 0.368. The zero-order valence-corrected chi connectivity index (χ0v) is 16.4. The Bertz CT molecular complexity index is 895. The average molecular weight is 389 g/mol. The van der Waals surface area contributed by atoms with Crippen LogP contribution in [0, 0.1) is 6.92 Å². The van der Waals surface area contributed by atoms with Gasteiger partial charge in [0.25, 0.3) is 0 Å². The molecule has 0 spiro atoms. The molecule has 144 valence electrons. The van der Waals surface area contributed by atoms with Gasteiger partial charge >= 0.3 is 0 Å². The normalized spacial score (nSPS) is 13.6. The van der Waals surface area contributed by atoms with E-state index in [9.17, 15) is 4.21 Å². The van der Waals surface area contributed by atoms with Gasteiger partial charge in [-0.2, -0.15) is 0 Å². The summed E-state index contributed by atoms with van der Waals surface area (Å²) < 4.78 is 29.1. The number of fused-ring (bicyclic) bond motifs is 1. The van der Waals surface area contributed by atoms with Gasteiger partial charge in [0.2, 0.25) is 6.29 Å². The van der Waals surface area contributed by atoms with Gasteiger partial charge in [-0.05, 0) is 25.1 Å². The van der Waals surface area contributed by atoms with E-state index < -0.39 is 17.1 Å². The SMILES string of the molecule is CCC(OCOC)Oc1ccnc(CS(=O)c2nc3ccccc3[nH]2)c1C. The summed E-state index contributed by atoms with van der Waals surface area (Å²) in [6.07, 6.45) is 1.90. The summed E-state index contributed by atoms with van der Waals surface area (Å²) in [7, 11) is 0.225. The summed E-state index contributed by atoms with van der Waals surface area (Å²) in [5, 5.41) is 0.443. The van der Waals surface area contributed by atoms with Crippen molar-refractivity contribution >= 4 is 21.8 Å². The summed E-state index contributed by atoms with van der Waals surface area (Å²) in [5.41, 5.74) is 3.20. The van der Waals surface area contributed by atoms with E-state index in [1.807, 2.05) is 38.1 Å². The standard InChI is InChI=1S/C19H23N3O4S/c1-4-18(25-12-24-3)26-17-9-10-20-16(13(17)2)11-27(23)19-21-14-7-5-6-8-15(14)22-19/h5-10,18H,4,11-12H2,1-3H3,(H,21,22). The Morgan fingerprint density at radius 2 is 2.07 bits per heavy atom. The van der Waals surface area contributed by atoms with Crippen molar-refractivity contribution in [3.05, 3.63) is 47.8 Å². The summed E-state index contributed by atoms with van der Waals surface area (Å²) in [6, 6.07) is 9.39. The number of aromatic amines is 1. The third-order valence-corrected chi connectivity index (χ3v) is 5.23. The van der Waals surface area contributed by atoms with E-state index in [0.717, 1.165) is 16.6 Å². The van der Waals surface area contributed by atoms with Crippen LogP contribution in [0.2, 0.25) is 0 Å². The lowest BCUT2D eigenvalue weighted by Gasteiger charge is -2.19. The molecular weight excluding hydrogens is 366 g/mol. The van der Waals surface area contributed by atoms with Crippen molar-refractivity contribution in [1.82, 2.24) is 15.0 Å². The number of nitrogens with one attached hydrogen (secondary N) is 1. The predicted octanol–water partition coefficient (Wildman–Crippen LogP) is 3.31. The van der Waals surface area contributed by atoms with E-state index in [1.54, 1.807) is 19.4 Å². The smallest absolute Gasteiger partial charge is 0.202 e. The van der Waals surface area contributed by atoms with E-state index in [4.69, 9.17) is 14.2 Å². The van der Waals surface area contributed by atoms with Gasteiger partial charge in [0.05, 0.1) is 33.3 Å². The van der Waals surface area contributed by atoms with Crippen LogP contribution in [-0.4, -0.2) is 39.4 Å². The van der Waals surface area contributed by atoms with Crippen molar-refractivity contribution in [2.45, 2.75) is 37.5 Å². The van der Waals surface area contributed by atoms with Crippen LogP contribution >= 0.6 is 0 Å². The Morgan fingerprint density at radius 3 is 2.81 bits per heavy atom. The van der Waals surface area contributed by atoms with Crippen molar-refractivity contribution in [3.8, 4) is 5.75 Å². The Hall–Kier alpha value is -2.29. The first kappa shape index (κ1) is 19.5.